The van der Waals surface area contributed by atoms with E-state index >= 15 is 0 Å². The normalized spacial score (nSPS) is 26.1. The quantitative estimate of drug-likeness (QED) is 0.518. The summed E-state index contributed by atoms with van der Waals surface area (Å²) in [7, 11) is 0. The molecule has 0 aromatic heterocycles. The molecule has 0 radical (unpaired) electrons. The minimum absolute atomic E-state index is 0.775. The van der Waals surface area contributed by atoms with Crippen molar-refractivity contribution in [2.24, 2.45) is 0 Å². The van der Waals surface area contributed by atoms with Crippen molar-refractivity contribution in [3.8, 4) is 0 Å². The number of hydrogen-bond acceptors (Lipinski definition) is 2. The molecule has 0 bridgehead atoms. The van der Waals surface area contributed by atoms with Crippen LogP contribution in [0.2, 0.25) is 0 Å². The molecule has 0 aromatic rings. The summed E-state index contributed by atoms with van der Waals surface area (Å²) in [4.78, 5) is 0. The topological polar surface area (TPSA) is 12.0 Å². The number of thiol groups is 1. The molecule has 1 fully saturated rings. The zero-order valence-electron chi connectivity index (χ0n) is 7.06. The average molecular weight is 161 g/mol. The maximum Gasteiger partial charge on any atom is 0.00387 e. The van der Waals surface area contributed by atoms with Gasteiger partial charge in [0.15, 0.2) is 0 Å². The first kappa shape index (κ1) is 10.3. The Hall–Kier alpha value is 0.310. The third kappa shape index (κ3) is 5.12. The maximum absolute atomic E-state index is 3.53. The van der Waals surface area contributed by atoms with Crippen LogP contribution >= 0.6 is 12.6 Å². The van der Waals surface area contributed by atoms with Gasteiger partial charge in [0.25, 0.3) is 0 Å². The Morgan fingerprint density at radius 2 is 1.90 bits per heavy atom. The largest absolute Gasteiger partial charge is 0.314 e. The second-order valence-electron chi connectivity index (χ2n) is 2.70. The van der Waals surface area contributed by atoms with Gasteiger partial charge in [0.2, 0.25) is 0 Å². The number of nitrogens with one attached hydrogen (secondary N) is 1. The molecule has 10 heavy (non-hydrogen) atoms. The number of hydrogen-bond donors (Lipinski definition) is 2. The highest BCUT2D eigenvalue weighted by molar-refractivity contribution is 7.79. The van der Waals surface area contributed by atoms with E-state index in [9.17, 15) is 0 Å². The molecular weight excluding hydrogens is 142 g/mol. The summed E-state index contributed by atoms with van der Waals surface area (Å²) in [5, 5.41) is 3.44. The lowest BCUT2D eigenvalue weighted by atomic mass is 10.1. The Labute approximate surface area is 70.0 Å². The molecule has 1 aliphatic heterocycles. The minimum atomic E-state index is 0.775. The van der Waals surface area contributed by atoms with Crippen LogP contribution in [0.3, 0.4) is 0 Å². The third-order valence-electron chi connectivity index (χ3n) is 1.81. The molecule has 0 amide bonds. The Bertz CT molecular complexity index is 58.3. The average Bonchev–Trinajstić information content (AvgIpc) is 2.21. The predicted octanol–water partition coefficient (Wildman–Crippen LogP) is 2.08. The smallest absolute Gasteiger partial charge is 0.00387 e. The van der Waals surface area contributed by atoms with Crippen LogP contribution < -0.4 is 5.32 Å². The van der Waals surface area contributed by atoms with Gasteiger partial charge in [-0.05, 0) is 32.6 Å². The van der Waals surface area contributed by atoms with Crippen molar-refractivity contribution >= 4 is 12.6 Å². The van der Waals surface area contributed by atoms with Gasteiger partial charge in [-0.15, -0.1) is 0 Å². The Kier molecular flexibility index (Phi) is 7.65. The van der Waals surface area contributed by atoms with Crippen molar-refractivity contribution in [3.63, 3.8) is 0 Å². The van der Waals surface area contributed by atoms with Gasteiger partial charge in [-0.2, -0.15) is 12.6 Å². The molecule has 1 unspecified atom stereocenters. The summed E-state index contributed by atoms with van der Waals surface area (Å²) in [5.74, 6) is 0. The van der Waals surface area contributed by atoms with Crippen molar-refractivity contribution < 1.29 is 0 Å². The fourth-order valence-corrected chi connectivity index (χ4v) is 1.20. The van der Waals surface area contributed by atoms with E-state index in [1.807, 2.05) is 0 Å². The third-order valence-corrected chi connectivity index (χ3v) is 1.81. The van der Waals surface area contributed by atoms with Crippen LogP contribution in [0.15, 0.2) is 0 Å². The lowest BCUT2D eigenvalue weighted by molar-refractivity contribution is 0.550. The summed E-state index contributed by atoms with van der Waals surface area (Å²) in [6.07, 6.45) is 7.30. The van der Waals surface area contributed by atoms with E-state index in [0.29, 0.717) is 0 Å². The fourth-order valence-electron chi connectivity index (χ4n) is 1.20. The van der Waals surface area contributed by atoms with E-state index < -0.39 is 0 Å². The molecule has 0 saturated carbocycles. The van der Waals surface area contributed by atoms with Gasteiger partial charge < -0.3 is 5.32 Å². The highest BCUT2D eigenvalue weighted by Gasteiger charge is 2.03. The SMILES string of the molecule is CC1CCCCCN1.CS. The highest BCUT2D eigenvalue weighted by Crippen LogP contribution is 2.06. The molecule has 0 spiro atoms. The molecule has 1 N–H and O–H groups in total. The van der Waals surface area contributed by atoms with Crippen LogP contribution in [0.25, 0.3) is 0 Å². The van der Waals surface area contributed by atoms with E-state index in [4.69, 9.17) is 0 Å². The van der Waals surface area contributed by atoms with Gasteiger partial charge in [0, 0.05) is 6.04 Å². The molecule has 0 aliphatic carbocycles. The molecule has 1 atom stereocenters. The molecule has 1 nitrogen and oxygen atoms in total. The van der Waals surface area contributed by atoms with Gasteiger partial charge >= 0.3 is 0 Å². The van der Waals surface area contributed by atoms with Crippen molar-refractivity contribution in [3.05, 3.63) is 0 Å². The van der Waals surface area contributed by atoms with Crippen molar-refractivity contribution in [1.82, 2.24) is 5.32 Å². The summed E-state index contributed by atoms with van der Waals surface area (Å²) in [6.45, 7) is 3.51. The van der Waals surface area contributed by atoms with E-state index in [1.165, 1.54) is 32.2 Å². The predicted molar refractivity (Wildman–Crippen MR) is 50.8 cm³/mol. The summed E-state index contributed by atoms with van der Waals surface area (Å²) in [5.41, 5.74) is 0. The Balaban J connectivity index is 0.000000371. The van der Waals surface area contributed by atoms with Gasteiger partial charge in [-0.3, -0.25) is 0 Å². The highest BCUT2D eigenvalue weighted by atomic mass is 32.1. The lowest BCUT2D eigenvalue weighted by Crippen LogP contribution is -2.24. The second-order valence-corrected chi connectivity index (χ2v) is 2.70. The molecule has 1 aliphatic rings. The van der Waals surface area contributed by atoms with Crippen LogP contribution in [0, 0.1) is 0 Å². The fraction of sp³-hybridized carbons (Fsp3) is 1.00. The van der Waals surface area contributed by atoms with Gasteiger partial charge in [0.05, 0.1) is 0 Å². The molecule has 1 heterocycles. The van der Waals surface area contributed by atoms with Gasteiger partial charge in [-0.1, -0.05) is 12.8 Å². The first-order valence-electron chi connectivity index (χ1n) is 4.08. The van der Waals surface area contributed by atoms with Crippen LogP contribution in [-0.4, -0.2) is 18.8 Å². The summed E-state index contributed by atoms with van der Waals surface area (Å²) in [6, 6.07) is 0.775. The van der Waals surface area contributed by atoms with E-state index in [1.54, 1.807) is 6.26 Å². The lowest BCUT2D eigenvalue weighted by Gasteiger charge is -2.06. The zero-order valence-corrected chi connectivity index (χ0v) is 7.95. The maximum atomic E-state index is 3.53. The monoisotopic (exact) mass is 161 g/mol. The van der Waals surface area contributed by atoms with Crippen molar-refractivity contribution in [2.75, 3.05) is 12.8 Å². The van der Waals surface area contributed by atoms with E-state index in [2.05, 4.69) is 24.9 Å². The molecule has 1 rings (SSSR count). The van der Waals surface area contributed by atoms with Crippen LogP contribution in [0.4, 0.5) is 0 Å². The minimum Gasteiger partial charge on any atom is -0.314 e. The van der Waals surface area contributed by atoms with Crippen LogP contribution in [0.1, 0.15) is 32.6 Å². The van der Waals surface area contributed by atoms with E-state index in [0.717, 1.165) is 6.04 Å². The van der Waals surface area contributed by atoms with Crippen molar-refractivity contribution in [2.45, 2.75) is 38.6 Å². The Morgan fingerprint density at radius 3 is 2.60 bits per heavy atom. The van der Waals surface area contributed by atoms with Gasteiger partial charge in [0.1, 0.15) is 0 Å². The first-order valence-corrected chi connectivity index (χ1v) is 4.97. The van der Waals surface area contributed by atoms with E-state index in [-0.39, 0.29) is 0 Å². The Morgan fingerprint density at radius 1 is 1.20 bits per heavy atom. The number of rotatable bonds is 0. The standard InChI is InChI=1S/C7H15N.CH4S/c1-7-5-3-2-4-6-8-7;1-2/h7-8H,2-6H2,1H3;2H,1H3. The molecule has 62 valence electrons. The van der Waals surface area contributed by atoms with Crippen molar-refractivity contribution in [1.29, 1.82) is 0 Å². The second kappa shape index (κ2) is 7.42. The van der Waals surface area contributed by atoms with Gasteiger partial charge in [-0.25, -0.2) is 0 Å². The summed E-state index contributed by atoms with van der Waals surface area (Å²) < 4.78 is 0. The van der Waals surface area contributed by atoms with Crippen LogP contribution in [-0.2, 0) is 0 Å². The molecule has 0 aromatic carbocycles. The van der Waals surface area contributed by atoms with Crippen LogP contribution in [0.5, 0.6) is 0 Å². The molecule has 1 saturated heterocycles. The first-order chi connectivity index (χ1) is 4.89. The molecular formula is C8H19NS. The zero-order chi connectivity index (χ0) is 7.82. The summed E-state index contributed by atoms with van der Waals surface area (Å²) >= 11 is 3.53. The molecule has 2 heteroatoms.